The van der Waals surface area contributed by atoms with Crippen LogP contribution in [0.1, 0.15) is 53.5 Å². The lowest BCUT2D eigenvalue weighted by Gasteiger charge is -2.41. The van der Waals surface area contributed by atoms with Crippen molar-refractivity contribution in [1.82, 2.24) is 4.90 Å². The summed E-state index contributed by atoms with van der Waals surface area (Å²) in [7, 11) is -1.92. The van der Waals surface area contributed by atoms with Crippen LogP contribution in [0.15, 0.2) is 54.3 Å². The van der Waals surface area contributed by atoms with Crippen LogP contribution in [0.4, 0.5) is 4.79 Å². The van der Waals surface area contributed by atoms with E-state index in [1.165, 1.54) is 11.0 Å². The zero-order valence-corrected chi connectivity index (χ0v) is 22.6. The third kappa shape index (κ3) is 7.07. The number of hydrogen-bond donors (Lipinski definition) is 0. The van der Waals surface area contributed by atoms with Gasteiger partial charge in [0.05, 0.1) is 12.3 Å². The highest BCUT2D eigenvalue weighted by Crippen LogP contribution is 2.44. The second-order valence-corrected chi connectivity index (χ2v) is 15.2. The standard InChI is InChI=1S/C27H41NO4Si/c1-20(2)27(5,6)33(7,8)32-18-22(4)16-21(3)14-15-25(29)28-24(19-31-26(28)30)17-23-12-10-9-11-13-23/h9-15,18,20-21,24H,16-17,19H2,1-8H3/b15-14+,22-18-/t21-,24+/m1/s1. The molecule has 2 amide bonds. The van der Waals surface area contributed by atoms with Crippen molar-refractivity contribution in [1.29, 1.82) is 0 Å². The van der Waals surface area contributed by atoms with Crippen LogP contribution in [-0.4, -0.2) is 37.9 Å². The van der Waals surface area contributed by atoms with Crippen LogP contribution in [0, 0.1) is 11.8 Å². The average molecular weight is 472 g/mol. The lowest BCUT2D eigenvalue weighted by molar-refractivity contribution is -0.124. The summed E-state index contributed by atoms with van der Waals surface area (Å²) in [6.07, 6.45) is 6.09. The van der Waals surface area contributed by atoms with Gasteiger partial charge in [0.15, 0.2) is 0 Å². The summed E-state index contributed by atoms with van der Waals surface area (Å²) in [5.41, 5.74) is 2.21. The smallest absolute Gasteiger partial charge is 0.417 e. The van der Waals surface area contributed by atoms with E-state index in [2.05, 4.69) is 54.6 Å². The Morgan fingerprint density at radius 2 is 1.88 bits per heavy atom. The van der Waals surface area contributed by atoms with Gasteiger partial charge >= 0.3 is 6.09 Å². The van der Waals surface area contributed by atoms with Crippen molar-refractivity contribution < 1.29 is 18.8 Å². The Balaban J connectivity index is 1.95. The van der Waals surface area contributed by atoms with Crippen molar-refractivity contribution in [2.24, 2.45) is 11.8 Å². The molecule has 0 saturated carbocycles. The fourth-order valence-electron chi connectivity index (χ4n) is 3.81. The molecule has 33 heavy (non-hydrogen) atoms. The minimum Gasteiger partial charge on any atom is -0.549 e. The van der Waals surface area contributed by atoms with Gasteiger partial charge in [-0.25, -0.2) is 9.69 Å². The van der Waals surface area contributed by atoms with Crippen molar-refractivity contribution in [3.05, 3.63) is 59.9 Å². The Kier molecular flexibility index (Phi) is 9.12. The summed E-state index contributed by atoms with van der Waals surface area (Å²) in [6.45, 7) is 18.0. The molecule has 0 N–H and O–H groups in total. The van der Waals surface area contributed by atoms with E-state index < -0.39 is 14.4 Å². The normalized spacial score (nSPS) is 18.7. The van der Waals surface area contributed by atoms with Gasteiger partial charge in [0.25, 0.3) is 5.91 Å². The van der Waals surface area contributed by atoms with Gasteiger partial charge in [-0.1, -0.05) is 71.0 Å². The van der Waals surface area contributed by atoms with Gasteiger partial charge in [-0.3, -0.25) is 4.79 Å². The van der Waals surface area contributed by atoms with Crippen molar-refractivity contribution >= 4 is 20.3 Å². The number of nitrogens with zero attached hydrogens (tertiary/aromatic N) is 1. The van der Waals surface area contributed by atoms with E-state index >= 15 is 0 Å². The number of hydrogen-bond acceptors (Lipinski definition) is 4. The van der Waals surface area contributed by atoms with E-state index in [1.807, 2.05) is 42.7 Å². The molecule has 1 aromatic carbocycles. The molecule has 1 aliphatic heterocycles. The largest absolute Gasteiger partial charge is 0.549 e. The molecule has 5 nitrogen and oxygen atoms in total. The van der Waals surface area contributed by atoms with Crippen LogP contribution >= 0.6 is 0 Å². The van der Waals surface area contributed by atoms with Gasteiger partial charge in [-0.05, 0) is 66.9 Å². The number of amides is 2. The first-order valence-electron chi connectivity index (χ1n) is 11.9. The third-order valence-electron chi connectivity index (χ3n) is 7.27. The van der Waals surface area contributed by atoms with Gasteiger partial charge in [-0.15, -0.1) is 0 Å². The number of rotatable bonds is 10. The number of carbonyl (C=O) groups is 2. The number of benzene rings is 1. The van der Waals surface area contributed by atoms with Gasteiger partial charge in [0, 0.05) is 0 Å². The number of carbonyl (C=O) groups excluding carboxylic acids is 2. The number of imide groups is 1. The minimum atomic E-state index is -1.92. The third-order valence-corrected chi connectivity index (χ3v) is 11.7. The Hall–Kier alpha value is -2.34. The first kappa shape index (κ1) is 26.9. The molecule has 1 saturated heterocycles. The second kappa shape index (κ2) is 11.2. The summed E-state index contributed by atoms with van der Waals surface area (Å²) < 4.78 is 11.5. The maximum absolute atomic E-state index is 12.8. The molecule has 1 fully saturated rings. The quantitative estimate of drug-likeness (QED) is 0.216. The van der Waals surface area contributed by atoms with Gasteiger partial charge < -0.3 is 9.16 Å². The van der Waals surface area contributed by atoms with Crippen molar-refractivity contribution in [2.45, 2.75) is 78.6 Å². The lowest BCUT2D eigenvalue weighted by Crippen LogP contribution is -2.44. The van der Waals surface area contributed by atoms with E-state index in [9.17, 15) is 9.59 Å². The van der Waals surface area contributed by atoms with Crippen molar-refractivity contribution in [2.75, 3.05) is 6.61 Å². The van der Waals surface area contributed by atoms with Gasteiger partial charge in [0.1, 0.15) is 6.61 Å². The summed E-state index contributed by atoms with van der Waals surface area (Å²) in [4.78, 5) is 26.2. The molecular formula is C27H41NO4Si. The molecule has 0 radical (unpaired) electrons. The highest BCUT2D eigenvalue weighted by Gasteiger charge is 2.44. The highest BCUT2D eigenvalue weighted by atomic mass is 28.4. The number of ether oxygens (including phenoxy) is 1. The average Bonchev–Trinajstić information content (AvgIpc) is 3.11. The van der Waals surface area contributed by atoms with Crippen molar-refractivity contribution in [3.63, 3.8) is 0 Å². The van der Waals surface area contributed by atoms with E-state index in [-0.39, 0.29) is 29.5 Å². The Morgan fingerprint density at radius 1 is 1.24 bits per heavy atom. The predicted molar refractivity (Wildman–Crippen MR) is 136 cm³/mol. The first-order valence-corrected chi connectivity index (χ1v) is 14.8. The summed E-state index contributed by atoms with van der Waals surface area (Å²) in [5.74, 6) is 0.363. The van der Waals surface area contributed by atoms with Crippen LogP contribution in [0.25, 0.3) is 0 Å². The molecular weight excluding hydrogens is 430 g/mol. The van der Waals surface area contributed by atoms with E-state index in [4.69, 9.17) is 9.16 Å². The predicted octanol–water partition coefficient (Wildman–Crippen LogP) is 6.72. The van der Waals surface area contributed by atoms with Gasteiger partial charge in [-0.2, -0.15) is 0 Å². The van der Waals surface area contributed by atoms with Crippen LogP contribution in [-0.2, 0) is 20.4 Å². The van der Waals surface area contributed by atoms with E-state index in [1.54, 1.807) is 0 Å². The molecule has 1 aliphatic rings. The molecule has 2 atom stereocenters. The SMILES string of the molecule is C/C(=C/O[Si](C)(C)C(C)(C)C(C)C)C[C@H](C)/C=C/C(=O)N1C(=O)OC[C@@H]1Cc1ccccc1. The fourth-order valence-corrected chi connectivity index (χ4v) is 6.00. The van der Waals surface area contributed by atoms with Crippen LogP contribution < -0.4 is 0 Å². The number of allylic oxidation sites excluding steroid dienone is 2. The maximum atomic E-state index is 12.8. The second-order valence-electron chi connectivity index (χ2n) is 10.6. The summed E-state index contributed by atoms with van der Waals surface area (Å²) >= 11 is 0. The molecule has 6 heteroatoms. The van der Waals surface area contributed by atoms with Crippen LogP contribution in [0.5, 0.6) is 0 Å². The molecule has 1 heterocycles. The summed E-state index contributed by atoms with van der Waals surface area (Å²) in [5, 5.41) is 0.155. The van der Waals surface area contributed by atoms with E-state index in [0.29, 0.717) is 12.3 Å². The molecule has 1 aromatic rings. The Labute approximate surface area is 201 Å². The van der Waals surface area contributed by atoms with Crippen molar-refractivity contribution in [3.8, 4) is 0 Å². The lowest BCUT2D eigenvalue weighted by atomic mass is 9.99. The fraction of sp³-hybridized carbons (Fsp3) is 0.556. The maximum Gasteiger partial charge on any atom is 0.417 e. The molecule has 0 unspecified atom stereocenters. The minimum absolute atomic E-state index is 0.142. The van der Waals surface area contributed by atoms with Gasteiger partial charge in [0.2, 0.25) is 8.32 Å². The topological polar surface area (TPSA) is 55.8 Å². The molecule has 0 aromatic heterocycles. The molecule has 2 rings (SSSR count). The molecule has 182 valence electrons. The molecule has 0 aliphatic carbocycles. The zero-order valence-electron chi connectivity index (χ0n) is 21.6. The van der Waals surface area contributed by atoms with Crippen LogP contribution in [0.3, 0.4) is 0 Å². The Bertz CT molecular complexity index is 873. The Morgan fingerprint density at radius 3 is 2.48 bits per heavy atom. The molecule has 0 spiro atoms. The monoisotopic (exact) mass is 471 g/mol. The number of cyclic esters (lactones) is 1. The van der Waals surface area contributed by atoms with E-state index in [0.717, 1.165) is 17.6 Å². The highest BCUT2D eigenvalue weighted by molar-refractivity contribution is 6.74. The summed E-state index contributed by atoms with van der Waals surface area (Å²) in [6, 6.07) is 9.56. The first-order chi connectivity index (χ1) is 15.3. The van der Waals surface area contributed by atoms with Crippen LogP contribution in [0.2, 0.25) is 18.1 Å². The zero-order chi connectivity index (χ0) is 24.8. The molecule has 0 bridgehead atoms.